The molecule has 0 spiro atoms. The molecule has 0 saturated carbocycles. The van der Waals surface area contributed by atoms with Crippen LogP contribution in [0.25, 0.3) is 0 Å². The minimum absolute atomic E-state index is 0.149. The summed E-state index contributed by atoms with van der Waals surface area (Å²) < 4.78 is 12.9. The van der Waals surface area contributed by atoms with Crippen molar-refractivity contribution < 1.29 is 19.1 Å². The van der Waals surface area contributed by atoms with E-state index < -0.39 is 11.9 Å². The molecule has 25 heavy (non-hydrogen) atoms. The Bertz CT molecular complexity index is 320. The second-order valence-electron chi connectivity index (χ2n) is 6.84. The Balaban J connectivity index is 0. The van der Waals surface area contributed by atoms with Crippen LogP contribution in [0.4, 0.5) is 0 Å². The van der Waals surface area contributed by atoms with Crippen LogP contribution in [0.15, 0.2) is 12.2 Å². The molecule has 0 N–H and O–H groups in total. The molecule has 146 valence electrons. The first-order valence-electron chi connectivity index (χ1n) is 9.55. The summed E-state index contributed by atoms with van der Waals surface area (Å²) >= 11 is 0.149. The average Bonchev–Trinajstić information content (AvgIpc) is 2.56. The summed E-state index contributed by atoms with van der Waals surface area (Å²) in [5, 5.41) is 0. The van der Waals surface area contributed by atoms with E-state index in [1.807, 2.05) is 27.7 Å². The van der Waals surface area contributed by atoms with Crippen molar-refractivity contribution >= 4 is 33.1 Å². The Labute approximate surface area is 165 Å². The van der Waals surface area contributed by atoms with Crippen molar-refractivity contribution in [1.82, 2.24) is 0 Å². The van der Waals surface area contributed by atoms with Crippen molar-refractivity contribution in [2.75, 3.05) is 13.2 Å². The Morgan fingerprint density at radius 2 is 1.16 bits per heavy atom. The normalized spacial score (nSPS) is 10.7. The Morgan fingerprint density at radius 3 is 1.44 bits per heavy atom. The molecular weight excluding hydrogens is 423 g/mol. The quantitative estimate of drug-likeness (QED) is 0.176. The van der Waals surface area contributed by atoms with Crippen LogP contribution in [0.3, 0.4) is 0 Å². The number of hydrogen-bond donors (Lipinski definition) is 0. The van der Waals surface area contributed by atoms with Gasteiger partial charge in [-0.2, -0.15) is 0 Å². The summed E-state index contributed by atoms with van der Waals surface area (Å²) in [5.41, 5.74) is 0. The van der Waals surface area contributed by atoms with Gasteiger partial charge in [-0.1, -0.05) is 27.7 Å². The second kappa shape index (κ2) is 19.8. The van der Waals surface area contributed by atoms with E-state index in [-0.39, 0.29) is 33.0 Å². The topological polar surface area (TPSA) is 52.6 Å². The van der Waals surface area contributed by atoms with Gasteiger partial charge in [0.25, 0.3) is 0 Å². The van der Waals surface area contributed by atoms with E-state index in [0.29, 0.717) is 13.2 Å². The van der Waals surface area contributed by atoms with Crippen molar-refractivity contribution in [1.29, 1.82) is 0 Å². The number of carbonyl (C=O) groups excluding carboxylic acids is 2. The summed E-state index contributed by atoms with van der Waals surface area (Å²) in [7, 11) is 0. The molecule has 2 radical (unpaired) electrons. The zero-order chi connectivity index (χ0) is 19.5. The van der Waals surface area contributed by atoms with Gasteiger partial charge in [0.05, 0.1) is 13.2 Å². The number of unbranched alkanes of at least 4 members (excludes halogenated alkanes) is 2. The molecule has 4 nitrogen and oxygen atoms in total. The molecule has 0 aromatic rings. The molecule has 5 heteroatoms. The van der Waals surface area contributed by atoms with Gasteiger partial charge < -0.3 is 9.47 Å². The Hall–Kier alpha value is -0.521. The summed E-state index contributed by atoms with van der Waals surface area (Å²) in [6, 6.07) is 0. The molecule has 0 atom stereocenters. The summed E-state index contributed by atoms with van der Waals surface area (Å²) in [4.78, 5) is 22.1. The van der Waals surface area contributed by atoms with E-state index in [2.05, 4.69) is 13.8 Å². The van der Waals surface area contributed by atoms with Gasteiger partial charge in [-0.3, -0.25) is 0 Å². The van der Waals surface area contributed by atoms with Crippen LogP contribution in [0, 0.1) is 11.8 Å². The molecule has 0 unspecified atom stereocenters. The molecule has 0 aromatic carbocycles. The summed E-state index contributed by atoms with van der Waals surface area (Å²) in [5.74, 6) is -0.471. The first kappa shape index (κ1) is 26.7. The van der Waals surface area contributed by atoms with Crippen molar-refractivity contribution in [2.45, 2.75) is 76.1 Å². The van der Waals surface area contributed by atoms with Crippen LogP contribution in [0.2, 0.25) is 8.87 Å². The third-order valence-corrected chi connectivity index (χ3v) is 6.92. The summed E-state index contributed by atoms with van der Waals surface area (Å²) in [6.07, 6.45) is 8.02. The molecule has 0 saturated heterocycles. The zero-order valence-electron chi connectivity index (χ0n) is 17.1. The molecule has 0 bridgehead atoms. The van der Waals surface area contributed by atoms with E-state index in [1.54, 1.807) is 8.87 Å². The molecule has 0 amide bonds. The number of ether oxygens (including phenoxy) is 2. The van der Waals surface area contributed by atoms with Gasteiger partial charge in [-0.05, 0) is 11.8 Å². The van der Waals surface area contributed by atoms with Crippen molar-refractivity contribution in [3.63, 3.8) is 0 Å². The predicted molar refractivity (Wildman–Crippen MR) is 106 cm³/mol. The molecule has 0 aromatic heterocycles. The third-order valence-electron chi connectivity index (χ3n) is 2.89. The monoisotopic (exact) mass is 462 g/mol. The first-order chi connectivity index (χ1) is 11.8. The van der Waals surface area contributed by atoms with Crippen LogP contribution in [-0.4, -0.2) is 46.3 Å². The number of hydrogen-bond acceptors (Lipinski definition) is 4. The Morgan fingerprint density at radius 1 is 0.800 bits per heavy atom. The van der Waals surface area contributed by atoms with Crippen molar-refractivity contribution in [3.8, 4) is 0 Å². The second-order valence-corrected chi connectivity index (χ2v) is 11.1. The van der Waals surface area contributed by atoms with E-state index in [1.165, 1.54) is 25.7 Å². The molecule has 0 aliphatic carbocycles. The third kappa shape index (κ3) is 25.8. The van der Waals surface area contributed by atoms with Gasteiger partial charge in [0, 0.05) is 12.2 Å². The molecule has 0 aliphatic heterocycles. The molecular formula is C20H38O4Sn. The van der Waals surface area contributed by atoms with Gasteiger partial charge in [-0.25, -0.2) is 9.59 Å². The number of esters is 2. The van der Waals surface area contributed by atoms with Crippen LogP contribution >= 0.6 is 0 Å². The maximum atomic E-state index is 11.1. The fourth-order valence-corrected chi connectivity index (χ4v) is 5.62. The van der Waals surface area contributed by atoms with Gasteiger partial charge >= 0.3 is 81.5 Å². The van der Waals surface area contributed by atoms with Crippen LogP contribution in [0.5, 0.6) is 0 Å². The van der Waals surface area contributed by atoms with E-state index in [4.69, 9.17) is 9.47 Å². The van der Waals surface area contributed by atoms with E-state index in [0.717, 1.165) is 12.2 Å². The van der Waals surface area contributed by atoms with Crippen molar-refractivity contribution in [2.24, 2.45) is 11.8 Å². The summed E-state index contributed by atoms with van der Waals surface area (Å²) in [6.45, 7) is 13.0. The predicted octanol–water partition coefficient (Wildman–Crippen LogP) is 5.07. The molecule has 0 aliphatic rings. The maximum absolute atomic E-state index is 11.1. The average molecular weight is 461 g/mol. The van der Waals surface area contributed by atoms with E-state index in [9.17, 15) is 9.59 Å². The van der Waals surface area contributed by atoms with Gasteiger partial charge in [0.15, 0.2) is 0 Å². The van der Waals surface area contributed by atoms with Gasteiger partial charge in [-0.15, -0.1) is 0 Å². The van der Waals surface area contributed by atoms with Crippen LogP contribution in [-0.2, 0) is 19.1 Å². The SMILES string of the molecule is CC(C)COC(=O)/C=C\C(=O)OCC(C)C.CCC[CH2][Sn][CH2]CCC. The van der Waals surface area contributed by atoms with Gasteiger partial charge in [0.1, 0.15) is 0 Å². The fraction of sp³-hybridized carbons (Fsp3) is 0.800. The van der Waals surface area contributed by atoms with E-state index >= 15 is 0 Å². The van der Waals surface area contributed by atoms with Crippen LogP contribution < -0.4 is 0 Å². The molecule has 0 rings (SSSR count). The fourth-order valence-electron chi connectivity index (χ4n) is 1.46. The standard InChI is InChI=1S/C12H20O4.2C4H9.Sn/c1-9(2)7-15-11(13)5-6-12(14)16-8-10(3)4;2*1-3-4-2;/h5-6,9-10H,7-8H2,1-4H3;2*1,3-4H2,2H3;/b6-5-;;;. The van der Waals surface area contributed by atoms with Crippen molar-refractivity contribution in [3.05, 3.63) is 12.2 Å². The first-order valence-corrected chi connectivity index (χ1v) is 13.6. The van der Waals surface area contributed by atoms with Gasteiger partial charge in [0.2, 0.25) is 0 Å². The minimum atomic E-state index is -0.518. The number of carbonyl (C=O) groups is 2. The number of rotatable bonds is 12. The Kier molecular flexibility index (Phi) is 21.1. The molecule has 0 heterocycles. The van der Waals surface area contributed by atoms with Crippen LogP contribution in [0.1, 0.15) is 67.2 Å². The zero-order valence-corrected chi connectivity index (χ0v) is 20.0. The molecule has 0 fully saturated rings.